The molecule has 0 saturated carbocycles. The highest BCUT2D eigenvalue weighted by molar-refractivity contribution is 9.10. The van der Waals surface area contributed by atoms with Crippen molar-refractivity contribution in [2.45, 2.75) is 6.54 Å². The SMILES string of the molecule is Fc1ccc(Br)cc1NCc1c(F)cccc1Cl. The molecule has 18 heavy (non-hydrogen) atoms. The highest BCUT2D eigenvalue weighted by Crippen LogP contribution is 2.23. The quantitative estimate of drug-likeness (QED) is 0.834. The molecule has 0 atom stereocenters. The summed E-state index contributed by atoms with van der Waals surface area (Å²) in [4.78, 5) is 0. The van der Waals surface area contributed by atoms with Crippen LogP contribution in [0.4, 0.5) is 14.5 Å². The van der Waals surface area contributed by atoms with Crippen LogP contribution in [0.15, 0.2) is 40.9 Å². The molecule has 2 rings (SSSR count). The van der Waals surface area contributed by atoms with Crippen LogP contribution in [0.3, 0.4) is 0 Å². The second-order valence-electron chi connectivity index (χ2n) is 3.68. The van der Waals surface area contributed by atoms with Gasteiger partial charge in [-0.25, -0.2) is 8.78 Å². The fourth-order valence-corrected chi connectivity index (χ4v) is 2.11. The smallest absolute Gasteiger partial charge is 0.146 e. The first-order valence-electron chi connectivity index (χ1n) is 5.20. The Morgan fingerprint density at radius 1 is 1.11 bits per heavy atom. The van der Waals surface area contributed by atoms with Gasteiger partial charge >= 0.3 is 0 Å². The molecule has 0 radical (unpaired) electrons. The van der Waals surface area contributed by atoms with Gasteiger partial charge < -0.3 is 5.32 Å². The topological polar surface area (TPSA) is 12.0 Å². The summed E-state index contributed by atoms with van der Waals surface area (Å²) in [5.41, 5.74) is 0.613. The standard InChI is InChI=1S/C13H9BrClF2N/c14-8-4-5-12(17)13(6-8)18-7-9-10(15)2-1-3-11(9)16/h1-6,18H,7H2. The van der Waals surface area contributed by atoms with Crippen molar-refractivity contribution >= 4 is 33.2 Å². The predicted molar refractivity (Wildman–Crippen MR) is 72.8 cm³/mol. The highest BCUT2D eigenvalue weighted by Gasteiger charge is 2.08. The molecular formula is C13H9BrClF2N. The molecule has 2 aromatic rings. The fourth-order valence-electron chi connectivity index (χ4n) is 1.52. The van der Waals surface area contributed by atoms with E-state index in [0.29, 0.717) is 16.3 Å². The van der Waals surface area contributed by atoms with Crippen molar-refractivity contribution in [2.24, 2.45) is 0 Å². The number of hydrogen-bond acceptors (Lipinski definition) is 1. The van der Waals surface area contributed by atoms with Crippen LogP contribution in [0.2, 0.25) is 5.02 Å². The van der Waals surface area contributed by atoms with Gasteiger partial charge in [-0.2, -0.15) is 0 Å². The molecule has 0 spiro atoms. The molecule has 0 amide bonds. The van der Waals surface area contributed by atoms with Gasteiger partial charge in [-0.3, -0.25) is 0 Å². The number of benzene rings is 2. The lowest BCUT2D eigenvalue weighted by molar-refractivity contribution is 0.610. The van der Waals surface area contributed by atoms with Crippen LogP contribution in [-0.4, -0.2) is 0 Å². The van der Waals surface area contributed by atoms with E-state index in [1.54, 1.807) is 18.2 Å². The highest BCUT2D eigenvalue weighted by atomic mass is 79.9. The van der Waals surface area contributed by atoms with Crippen molar-refractivity contribution in [3.8, 4) is 0 Å². The van der Waals surface area contributed by atoms with Crippen LogP contribution < -0.4 is 5.32 Å². The summed E-state index contributed by atoms with van der Waals surface area (Å²) < 4.78 is 27.7. The van der Waals surface area contributed by atoms with E-state index >= 15 is 0 Å². The summed E-state index contributed by atoms with van der Waals surface area (Å²) in [6.45, 7) is 0.124. The number of anilines is 1. The van der Waals surface area contributed by atoms with Gasteiger partial charge in [0, 0.05) is 21.6 Å². The third-order valence-corrected chi connectivity index (χ3v) is 3.29. The zero-order chi connectivity index (χ0) is 13.1. The van der Waals surface area contributed by atoms with Gasteiger partial charge in [-0.05, 0) is 30.3 Å². The zero-order valence-electron chi connectivity index (χ0n) is 9.18. The lowest BCUT2D eigenvalue weighted by Gasteiger charge is -2.10. The van der Waals surface area contributed by atoms with Gasteiger partial charge in [0.05, 0.1) is 5.69 Å². The van der Waals surface area contributed by atoms with E-state index in [-0.39, 0.29) is 6.54 Å². The normalized spacial score (nSPS) is 10.4. The van der Waals surface area contributed by atoms with Crippen molar-refractivity contribution in [1.29, 1.82) is 0 Å². The second-order valence-corrected chi connectivity index (χ2v) is 5.00. The molecule has 1 N–H and O–H groups in total. The van der Waals surface area contributed by atoms with E-state index in [9.17, 15) is 8.78 Å². The molecule has 0 aliphatic rings. The molecule has 1 nitrogen and oxygen atoms in total. The third-order valence-electron chi connectivity index (χ3n) is 2.45. The summed E-state index contributed by atoms with van der Waals surface area (Å²) in [6.07, 6.45) is 0. The summed E-state index contributed by atoms with van der Waals surface area (Å²) >= 11 is 9.13. The fraction of sp³-hybridized carbons (Fsp3) is 0.0769. The predicted octanol–water partition coefficient (Wildman–Crippen LogP) is 4.99. The second kappa shape index (κ2) is 5.67. The average Bonchev–Trinajstić information content (AvgIpc) is 2.33. The molecule has 2 aromatic carbocycles. The molecule has 0 heterocycles. The van der Waals surface area contributed by atoms with Gasteiger partial charge in [-0.1, -0.05) is 33.6 Å². The van der Waals surface area contributed by atoms with Gasteiger partial charge in [0.25, 0.3) is 0 Å². The van der Waals surface area contributed by atoms with Gasteiger partial charge in [0.15, 0.2) is 0 Å². The summed E-state index contributed by atoms with van der Waals surface area (Å²) in [7, 11) is 0. The number of hydrogen-bond donors (Lipinski definition) is 1. The van der Waals surface area contributed by atoms with Crippen molar-refractivity contribution in [2.75, 3.05) is 5.32 Å². The van der Waals surface area contributed by atoms with Gasteiger partial charge in [0.2, 0.25) is 0 Å². The van der Waals surface area contributed by atoms with Crippen molar-refractivity contribution in [3.63, 3.8) is 0 Å². The molecule has 94 valence electrons. The van der Waals surface area contributed by atoms with E-state index in [1.807, 2.05) is 0 Å². The Hall–Kier alpha value is -1.13. The minimum Gasteiger partial charge on any atom is -0.378 e. The first kappa shape index (κ1) is 13.3. The van der Waals surface area contributed by atoms with Crippen LogP contribution in [0, 0.1) is 11.6 Å². The van der Waals surface area contributed by atoms with E-state index < -0.39 is 11.6 Å². The number of rotatable bonds is 3. The Morgan fingerprint density at radius 2 is 1.89 bits per heavy atom. The van der Waals surface area contributed by atoms with E-state index in [4.69, 9.17) is 11.6 Å². The van der Waals surface area contributed by atoms with Crippen molar-refractivity contribution < 1.29 is 8.78 Å². The average molecular weight is 333 g/mol. The Labute approximate surface area is 117 Å². The van der Waals surface area contributed by atoms with E-state index in [1.165, 1.54) is 18.2 Å². The minimum atomic E-state index is -0.412. The van der Waals surface area contributed by atoms with Crippen LogP contribution in [-0.2, 0) is 6.54 Å². The molecule has 0 aliphatic heterocycles. The van der Waals surface area contributed by atoms with Crippen molar-refractivity contribution in [1.82, 2.24) is 0 Å². The molecule has 0 saturated heterocycles. The van der Waals surface area contributed by atoms with Gasteiger partial charge in [0.1, 0.15) is 11.6 Å². The third kappa shape index (κ3) is 3.00. The monoisotopic (exact) mass is 331 g/mol. The molecule has 0 unspecified atom stereocenters. The number of halogens is 4. The Morgan fingerprint density at radius 3 is 2.61 bits per heavy atom. The van der Waals surface area contributed by atoms with E-state index in [2.05, 4.69) is 21.2 Å². The summed E-state index contributed by atoms with van der Waals surface area (Å²) in [5, 5.41) is 3.14. The van der Waals surface area contributed by atoms with E-state index in [0.717, 1.165) is 4.47 Å². The molecule has 5 heteroatoms. The Bertz CT molecular complexity index is 555. The maximum absolute atomic E-state index is 13.5. The molecule has 0 fully saturated rings. The lowest BCUT2D eigenvalue weighted by Crippen LogP contribution is -2.04. The number of nitrogens with one attached hydrogen (secondary N) is 1. The maximum atomic E-state index is 13.5. The maximum Gasteiger partial charge on any atom is 0.146 e. The van der Waals surface area contributed by atoms with Crippen LogP contribution in [0.1, 0.15) is 5.56 Å². The summed E-state index contributed by atoms with van der Waals surface area (Å²) in [6, 6.07) is 8.95. The molecule has 0 aliphatic carbocycles. The minimum absolute atomic E-state index is 0.124. The molecule has 0 bridgehead atoms. The zero-order valence-corrected chi connectivity index (χ0v) is 11.5. The molecular weight excluding hydrogens is 324 g/mol. The molecule has 0 aromatic heterocycles. The lowest BCUT2D eigenvalue weighted by atomic mass is 10.2. The Balaban J connectivity index is 2.19. The largest absolute Gasteiger partial charge is 0.378 e. The first-order chi connectivity index (χ1) is 8.58. The first-order valence-corrected chi connectivity index (χ1v) is 6.37. The van der Waals surface area contributed by atoms with Crippen LogP contribution in [0.5, 0.6) is 0 Å². The Kier molecular flexibility index (Phi) is 4.19. The van der Waals surface area contributed by atoms with Crippen molar-refractivity contribution in [3.05, 3.63) is 63.1 Å². The van der Waals surface area contributed by atoms with Gasteiger partial charge in [-0.15, -0.1) is 0 Å². The van der Waals surface area contributed by atoms with Crippen LogP contribution >= 0.6 is 27.5 Å². The summed E-state index contributed by atoms with van der Waals surface area (Å²) in [5.74, 6) is -0.809. The van der Waals surface area contributed by atoms with Crippen LogP contribution in [0.25, 0.3) is 0 Å².